The topological polar surface area (TPSA) is 63.3 Å². The van der Waals surface area contributed by atoms with E-state index < -0.39 is 34.9 Å². The van der Waals surface area contributed by atoms with E-state index in [1.165, 1.54) is 0 Å². The first kappa shape index (κ1) is 15.5. The Morgan fingerprint density at radius 3 is 2.32 bits per heavy atom. The lowest BCUT2D eigenvalue weighted by molar-refractivity contribution is -0.139. The van der Waals surface area contributed by atoms with E-state index in [0.717, 1.165) is 0 Å². The highest BCUT2D eigenvalue weighted by molar-refractivity contribution is 5.67. The normalized spacial score (nSPS) is 13.4. The van der Waals surface area contributed by atoms with Crippen molar-refractivity contribution in [3.05, 3.63) is 35.1 Å². The third-order valence-electron chi connectivity index (χ3n) is 2.84. The van der Waals surface area contributed by atoms with Crippen molar-refractivity contribution in [3.63, 3.8) is 0 Å². The van der Waals surface area contributed by atoms with Gasteiger partial charge in [0.1, 0.15) is 5.82 Å². The van der Waals surface area contributed by atoms with Gasteiger partial charge in [-0.1, -0.05) is 13.8 Å². The van der Waals surface area contributed by atoms with Crippen LogP contribution in [0.3, 0.4) is 0 Å². The molecule has 0 bridgehead atoms. The predicted molar refractivity (Wildman–Crippen MR) is 63.9 cm³/mol. The summed E-state index contributed by atoms with van der Waals surface area (Å²) >= 11 is 0. The van der Waals surface area contributed by atoms with E-state index in [1.807, 2.05) is 0 Å². The molecule has 0 radical (unpaired) electrons. The maximum atomic E-state index is 13.5. The van der Waals surface area contributed by atoms with Gasteiger partial charge in [-0.3, -0.25) is 4.79 Å². The van der Waals surface area contributed by atoms with Crippen LogP contribution in [-0.4, -0.2) is 11.1 Å². The predicted octanol–water partition coefficient (Wildman–Crippen LogP) is 2.99. The lowest BCUT2D eigenvalue weighted by Crippen LogP contribution is -2.24. The average Bonchev–Trinajstić information content (AvgIpc) is 2.20. The van der Waals surface area contributed by atoms with Gasteiger partial charge in [0, 0.05) is 17.7 Å². The van der Waals surface area contributed by atoms with Crippen LogP contribution in [0.15, 0.2) is 12.1 Å². The molecule has 19 heavy (non-hydrogen) atoms. The summed E-state index contributed by atoms with van der Waals surface area (Å²) in [5.41, 5.74) is 4.92. The molecule has 0 heterocycles. The fourth-order valence-corrected chi connectivity index (χ4v) is 2.01. The number of hydrogen-bond donors (Lipinski definition) is 2. The summed E-state index contributed by atoms with van der Waals surface area (Å²) in [5.74, 6) is -4.39. The number of halogens is 3. The highest BCUT2D eigenvalue weighted by Gasteiger charge is 2.27. The number of hydrogen-bond acceptors (Lipinski definition) is 2. The number of aliphatic carboxylic acids is 1. The third-order valence-corrected chi connectivity index (χ3v) is 2.84. The van der Waals surface area contributed by atoms with Crippen molar-refractivity contribution >= 4 is 5.97 Å². The minimum Gasteiger partial charge on any atom is -0.481 e. The summed E-state index contributed by atoms with van der Waals surface area (Å²) in [6.45, 7) is 3.33. The molecular formula is C13H16F3NO2. The van der Waals surface area contributed by atoms with Gasteiger partial charge in [-0.25, -0.2) is 13.2 Å². The monoisotopic (exact) mass is 275 g/mol. The number of rotatable bonds is 5. The van der Waals surface area contributed by atoms with Gasteiger partial charge in [0.05, 0.1) is 6.42 Å². The van der Waals surface area contributed by atoms with E-state index in [2.05, 4.69) is 0 Å². The molecule has 0 saturated heterocycles. The van der Waals surface area contributed by atoms with Crippen molar-refractivity contribution in [1.29, 1.82) is 0 Å². The smallest absolute Gasteiger partial charge is 0.303 e. The van der Waals surface area contributed by atoms with Crippen molar-refractivity contribution in [3.8, 4) is 0 Å². The molecule has 1 aromatic carbocycles. The molecule has 1 rings (SSSR count). The van der Waals surface area contributed by atoms with E-state index in [0.29, 0.717) is 12.1 Å². The van der Waals surface area contributed by atoms with E-state index in [4.69, 9.17) is 10.8 Å². The van der Waals surface area contributed by atoms with Crippen LogP contribution < -0.4 is 5.73 Å². The Morgan fingerprint density at radius 2 is 1.79 bits per heavy atom. The van der Waals surface area contributed by atoms with E-state index in [-0.39, 0.29) is 18.4 Å². The van der Waals surface area contributed by atoms with Gasteiger partial charge in [-0.2, -0.15) is 0 Å². The first-order valence-electron chi connectivity index (χ1n) is 5.74. The van der Waals surface area contributed by atoms with E-state index in [9.17, 15) is 18.0 Å². The van der Waals surface area contributed by atoms with Gasteiger partial charge in [0.2, 0.25) is 0 Å². The molecule has 3 nitrogen and oxygen atoms in total. The molecule has 0 aliphatic carbocycles. The highest BCUT2D eigenvalue weighted by Crippen LogP contribution is 2.33. The molecule has 3 N–H and O–H groups in total. The van der Waals surface area contributed by atoms with Crippen LogP contribution in [0, 0.1) is 22.9 Å². The van der Waals surface area contributed by atoms with Crippen LogP contribution in [0.5, 0.6) is 0 Å². The first-order valence-corrected chi connectivity index (χ1v) is 5.74. The lowest BCUT2D eigenvalue weighted by atomic mass is 9.81. The van der Waals surface area contributed by atoms with Gasteiger partial charge in [-0.05, 0) is 17.9 Å². The minimum absolute atomic E-state index is 0.140. The standard InChI is InChI=1S/C13H16F3NO2/c1-13(2,6-12(18)19)5-11(17)7-3-9(15)10(16)4-8(7)14/h3-4,11H,5-6,17H2,1-2H3,(H,18,19). The van der Waals surface area contributed by atoms with Crippen LogP contribution in [-0.2, 0) is 4.79 Å². The van der Waals surface area contributed by atoms with Gasteiger partial charge in [-0.15, -0.1) is 0 Å². The van der Waals surface area contributed by atoms with Gasteiger partial charge in [0.25, 0.3) is 0 Å². The van der Waals surface area contributed by atoms with Crippen LogP contribution >= 0.6 is 0 Å². The zero-order valence-corrected chi connectivity index (χ0v) is 10.7. The minimum atomic E-state index is -1.28. The third kappa shape index (κ3) is 4.24. The summed E-state index contributed by atoms with van der Waals surface area (Å²) in [6, 6.07) is 0.255. The Bertz CT molecular complexity index is 489. The SMILES string of the molecule is CC(C)(CC(=O)O)CC(N)c1cc(F)c(F)cc1F. The van der Waals surface area contributed by atoms with E-state index >= 15 is 0 Å². The van der Waals surface area contributed by atoms with Crippen molar-refractivity contribution < 1.29 is 23.1 Å². The number of nitrogens with two attached hydrogens (primary N) is 1. The highest BCUT2D eigenvalue weighted by atomic mass is 19.2. The number of carboxylic acid groups (broad SMARTS) is 1. The fourth-order valence-electron chi connectivity index (χ4n) is 2.01. The van der Waals surface area contributed by atoms with Crippen LogP contribution in [0.2, 0.25) is 0 Å². The van der Waals surface area contributed by atoms with Gasteiger partial charge >= 0.3 is 5.97 Å². The second-order valence-electron chi connectivity index (χ2n) is 5.33. The Kier molecular flexibility index (Phi) is 4.57. The summed E-state index contributed by atoms with van der Waals surface area (Å²) in [7, 11) is 0. The molecule has 106 valence electrons. The van der Waals surface area contributed by atoms with Crippen LogP contribution in [0.25, 0.3) is 0 Å². The first-order chi connectivity index (χ1) is 8.62. The lowest BCUT2D eigenvalue weighted by Gasteiger charge is -2.26. The summed E-state index contributed by atoms with van der Waals surface area (Å²) in [4.78, 5) is 10.7. The zero-order valence-electron chi connectivity index (χ0n) is 10.7. The summed E-state index contributed by atoms with van der Waals surface area (Å²) in [6.07, 6.45) is -0.00666. The number of carbonyl (C=O) groups is 1. The van der Waals surface area contributed by atoms with E-state index in [1.54, 1.807) is 13.8 Å². The molecular weight excluding hydrogens is 259 g/mol. The van der Waals surface area contributed by atoms with Gasteiger partial charge in [0.15, 0.2) is 11.6 Å². The van der Waals surface area contributed by atoms with Gasteiger partial charge < -0.3 is 10.8 Å². The molecule has 1 atom stereocenters. The summed E-state index contributed by atoms with van der Waals surface area (Å²) < 4.78 is 39.4. The number of carboxylic acids is 1. The van der Waals surface area contributed by atoms with Crippen molar-refractivity contribution in [2.45, 2.75) is 32.7 Å². The second kappa shape index (κ2) is 5.61. The maximum absolute atomic E-state index is 13.5. The average molecular weight is 275 g/mol. The van der Waals surface area contributed by atoms with Crippen molar-refractivity contribution in [2.75, 3.05) is 0 Å². The zero-order chi connectivity index (χ0) is 14.8. The largest absolute Gasteiger partial charge is 0.481 e. The molecule has 0 saturated carbocycles. The van der Waals surface area contributed by atoms with Crippen LogP contribution in [0.4, 0.5) is 13.2 Å². The van der Waals surface area contributed by atoms with Crippen molar-refractivity contribution in [1.82, 2.24) is 0 Å². The molecule has 1 unspecified atom stereocenters. The molecule has 0 fully saturated rings. The Morgan fingerprint density at radius 1 is 1.26 bits per heavy atom. The molecule has 0 aliphatic heterocycles. The second-order valence-corrected chi connectivity index (χ2v) is 5.33. The number of benzene rings is 1. The molecule has 1 aromatic rings. The quantitative estimate of drug-likeness (QED) is 0.812. The fraction of sp³-hybridized carbons (Fsp3) is 0.462. The Labute approximate surface area is 109 Å². The molecule has 0 spiro atoms. The molecule has 6 heteroatoms. The van der Waals surface area contributed by atoms with Crippen LogP contribution in [0.1, 0.15) is 38.3 Å². The Hall–Kier alpha value is -1.56. The molecule has 0 aromatic heterocycles. The molecule has 0 aliphatic rings. The van der Waals surface area contributed by atoms with Crippen molar-refractivity contribution in [2.24, 2.45) is 11.1 Å². The maximum Gasteiger partial charge on any atom is 0.303 e. The molecule has 0 amide bonds. The summed E-state index contributed by atoms with van der Waals surface area (Å²) in [5, 5.41) is 8.74. The Balaban J connectivity index is 2.92.